The molecule has 0 aliphatic carbocycles. The van der Waals surface area contributed by atoms with Crippen LogP contribution in [0.1, 0.15) is 44.4 Å². The number of hydrogen-bond donors (Lipinski definition) is 1. The number of rotatable bonds is 6. The van der Waals surface area contributed by atoms with E-state index < -0.39 is 17.7 Å². The molecule has 0 aromatic carbocycles. The number of aliphatic hydroxyl groups is 1. The van der Waals surface area contributed by atoms with Gasteiger partial charge in [0.1, 0.15) is 5.75 Å². The highest BCUT2D eigenvalue weighted by atomic mass is 19.4. The number of hydrogen-bond acceptors (Lipinski definition) is 3. The fourth-order valence-electron chi connectivity index (χ4n) is 1.65. The second-order valence-electron chi connectivity index (χ2n) is 5.22. The molecule has 1 aromatic heterocycles. The summed E-state index contributed by atoms with van der Waals surface area (Å²) in [4.78, 5) is 3.81. The maximum atomic E-state index is 13.0. The third-order valence-electron chi connectivity index (χ3n) is 2.90. The fourth-order valence-corrected chi connectivity index (χ4v) is 1.65. The van der Waals surface area contributed by atoms with Crippen LogP contribution in [0.3, 0.4) is 0 Å². The van der Waals surface area contributed by atoms with Gasteiger partial charge in [0.25, 0.3) is 0 Å². The van der Waals surface area contributed by atoms with Crippen LogP contribution < -0.4 is 4.74 Å². The SMILES string of the molecule is CC(C)CCOc1cnc(C(C)CO)c(C(F)(F)F)c1. The van der Waals surface area contributed by atoms with Gasteiger partial charge in [-0.05, 0) is 18.4 Å². The van der Waals surface area contributed by atoms with Crippen molar-refractivity contribution in [1.82, 2.24) is 4.98 Å². The average Bonchev–Trinajstić information content (AvgIpc) is 2.36. The Kier molecular flexibility index (Phi) is 5.80. The lowest BCUT2D eigenvalue weighted by Crippen LogP contribution is -2.15. The molecule has 114 valence electrons. The van der Waals surface area contributed by atoms with Crippen LogP contribution in [0.25, 0.3) is 0 Å². The average molecular weight is 291 g/mol. The molecule has 0 fully saturated rings. The summed E-state index contributed by atoms with van der Waals surface area (Å²) in [7, 11) is 0. The van der Waals surface area contributed by atoms with Gasteiger partial charge >= 0.3 is 6.18 Å². The molecule has 0 spiro atoms. The molecule has 0 bridgehead atoms. The normalized spacial score (nSPS) is 13.6. The fraction of sp³-hybridized carbons (Fsp3) is 0.643. The van der Waals surface area contributed by atoms with E-state index in [1.165, 1.54) is 13.1 Å². The van der Waals surface area contributed by atoms with Crippen LogP contribution in [0.2, 0.25) is 0 Å². The summed E-state index contributed by atoms with van der Waals surface area (Å²) in [6.45, 7) is 5.48. The van der Waals surface area contributed by atoms with E-state index in [0.29, 0.717) is 12.5 Å². The molecular formula is C14H20F3NO2. The van der Waals surface area contributed by atoms with Crippen molar-refractivity contribution in [1.29, 1.82) is 0 Å². The van der Waals surface area contributed by atoms with Gasteiger partial charge in [0.05, 0.1) is 30.7 Å². The zero-order valence-electron chi connectivity index (χ0n) is 11.9. The number of nitrogens with zero attached hydrogens (tertiary/aromatic N) is 1. The molecule has 20 heavy (non-hydrogen) atoms. The summed E-state index contributed by atoms with van der Waals surface area (Å²) >= 11 is 0. The Bertz CT molecular complexity index is 433. The van der Waals surface area contributed by atoms with Crippen LogP contribution in [0.4, 0.5) is 13.2 Å². The first-order valence-corrected chi connectivity index (χ1v) is 6.56. The molecule has 0 amide bonds. The van der Waals surface area contributed by atoms with E-state index in [1.807, 2.05) is 13.8 Å². The molecule has 1 N–H and O–H groups in total. The van der Waals surface area contributed by atoms with Gasteiger partial charge in [-0.2, -0.15) is 13.2 Å². The first kappa shape index (κ1) is 16.8. The summed E-state index contributed by atoms with van der Waals surface area (Å²) in [5.74, 6) is -0.151. The highest BCUT2D eigenvalue weighted by molar-refractivity contribution is 5.33. The minimum absolute atomic E-state index is 0.104. The van der Waals surface area contributed by atoms with Crippen molar-refractivity contribution in [2.45, 2.75) is 39.3 Å². The Balaban J connectivity index is 2.96. The third-order valence-corrected chi connectivity index (χ3v) is 2.90. The second kappa shape index (κ2) is 6.92. The Morgan fingerprint density at radius 2 is 1.95 bits per heavy atom. The van der Waals surface area contributed by atoms with Gasteiger partial charge in [-0.1, -0.05) is 20.8 Å². The highest BCUT2D eigenvalue weighted by Gasteiger charge is 2.36. The lowest BCUT2D eigenvalue weighted by molar-refractivity contribution is -0.138. The lowest BCUT2D eigenvalue weighted by Gasteiger charge is -2.17. The molecule has 0 aliphatic heterocycles. The van der Waals surface area contributed by atoms with Crippen LogP contribution in [0, 0.1) is 5.92 Å². The molecule has 0 saturated heterocycles. The number of aliphatic hydroxyl groups excluding tert-OH is 1. The summed E-state index contributed by atoms with van der Waals surface area (Å²) < 4.78 is 44.3. The van der Waals surface area contributed by atoms with Crippen molar-refractivity contribution in [3.05, 3.63) is 23.5 Å². The van der Waals surface area contributed by atoms with E-state index in [0.717, 1.165) is 12.5 Å². The molecule has 0 aliphatic rings. The van der Waals surface area contributed by atoms with Crippen LogP contribution in [0.5, 0.6) is 5.75 Å². The minimum atomic E-state index is -4.51. The second-order valence-corrected chi connectivity index (χ2v) is 5.22. The van der Waals surface area contributed by atoms with Gasteiger partial charge in [-0.3, -0.25) is 4.98 Å². The largest absolute Gasteiger partial charge is 0.492 e. The highest BCUT2D eigenvalue weighted by Crippen LogP contribution is 2.36. The smallest absolute Gasteiger partial charge is 0.418 e. The van der Waals surface area contributed by atoms with E-state index in [-0.39, 0.29) is 18.1 Å². The predicted octanol–water partition coefficient (Wildman–Crippen LogP) is 3.62. The Morgan fingerprint density at radius 3 is 2.45 bits per heavy atom. The lowest BCUT2D eigenvalue weighted by atomic mass is 10.0. The summed E-state index contributed by atoms with van der Waals surface area (Å²) in [6, 6.07) is 0.953. The zero-order valence-corrected chi connectivity index (χ0v) is 11.9. The van der Waals surface area contributed by atoms with Gasteiger partial charge in [0.15, 0.2) is 0 Å². The molecule has 1 unspecified atom stereocenters. The Morgan fingerprint density at radius 1 is 1.30 bits per heavy atom. The maximum Gasteiger partial charge on any atom is 0.418 e. The number of alkyl halides is 3. The van der Waals surface area contributed by atoms with Crippen molar-refractivity contribution in [2.24, 2.45) is 5.92 Å². The third kappa shape index (κ3) is 4.67. The first-order valence-electron chi connectivity index (χ1n) is 6.56. The van der Waals surface area contributed by atoms with Crippen molar-refractivity contribution < 1.29 is 23.0 Å². The number of pyridine rings is 1. The molecule has 0 saturated carbocycles. The van der Waals surface area contributed by atoms with Gasteiger partial charge in [0.2, 0.25) is 0 Å². The van der Waals surface area contributed by atoms with E-state index in [2.05, 4.69) is 4.98 Å². The van der Waals surface area contributed by atoms with Crippen LogP contribution in [0.15, 0.2) is 12.3 Å². The van der Waals surface area contributed by atoms with Crippen molar-refractivity contribution in [3.63, 3.8) is 0 Å². The van der Waals surface area contributed by atoms with Crippen molar-refractivity contribution in [2.75, 3.05) is 13.2 Å². The summed E-state index contributed by atoms with van der Waals surface area (Å²) in [6.07, 6.45) is -2.48. The zero-order chi connectivity index (χ0) is 15.3. The van der Waals surface area contributed by atoms with Gasteiger partial charge in [-0.25, -0.2) is 0 Å². The standard InChI is InChI=1S/C14H20F3NO2/c1-9(2)4-5-20-11-6-12(14(15,16)17)13(18-7-11)10(3)8-19/h6-7,9-10,19H,4-5,8H2,1-3H3. The van der Waals surface area contributed by atoms with Gasteiger partial charge in [-0.15, -0.1) is 0 Å². The van der Waals surface area contributed by atoms with Crippen LogP contribution in [-0.2, 0) is 6.18 Å². The summed E-state index contributed by atoms with van der Waals surface area (Å²) in [5, 5.41) is 9.01. The van der Waals surface area contributed by atoms with E-state index in [9.17, 15) is 13.2 Å². The Hall–Kier alpha value is -1.30. The van der Waals surface area contributed by atoms with Gasteiger partial charge in [0, 0.05) is 5.92 Å². The van der Waals surface area contributed by atoms with Crippen LogP contribution in [-0.4, -0.2) is 23.3 Å². The van der Waals surface area contributed by atoms with Crippen molar-refractivity contribution in [3.8, 4) is 5.75 Å². The molecular weight excluding hydrogens is 271 g/mol. The monoisotopic (exact) mass is 291 g/mol. The molecule has 3 nitrogen and oxygen atoms in total. The molecule has 6 heteroatoms. The number of ether oxygens (including phenoxy) is 1. The van der Waals surface area contributed by atoms with Crippen molar-refractivity contribution >= 4 is 0 Å². The molecule has 1 atom stereocenters. The first-order chi connectivity index (χ1) is 9.25. The molecule has 1 rings (SSSR count). The molecule has 1 aromatic rings. The van der Waals surface area contributed by atoms with E-state index in [1.54, 1.807) is 0 Å². The maximum absolute atomic E-state index is 13.0. The van der Waals surface area contributed by atoms with E-state index >= 15 is 0 Å². The molecule has 0 radical (unpaired) electrons. The number of aromatic nitrogens is 1. The Labute approximate surface area is 116 Å². The predicted molar refractivity (Wildman–Crippen MR) is 69.7 cm³/mol. The van der Waals surface area contributed by atoms with Crippen LogP contribution >= 0.6 is 0 Å². The summed E-state index contributed by atoms with van der Waals surface area (Å²) in [5.41, 5.74) is -1.00. The number of halogens is 3. The van der Waals surface area contributed by atoms with E-state index in [4.69, 9.17) is 9.84 Å². The quantitative estimate of drug-likeness (QED) is 0.870. The molecule has 1 heterocycles. The minimum Gasteiger partial charge on any atom is -0.492 e. The van der Waals surface area contributed by atoms with Gasteiger partial charge < -0.3 is 9.84 Å². The topological polar surface area (TPSA) is 42.4 Å².